The van der Waals surface area contributed by atoms with Crippen molar-refractivity contribution in [2.45, 2.75) is 0 Å². The lowest BCUT2D eigenvalue weighted by Gasteiger charge is -2.01. The minimum atomic E-state index is 0.0516. The minimum absolute atomic E-state index is 0.0516. The maximum absolute atomic E-state index is 9.56. The van der Waals surface area contributed by atoms with Crippen molar-refractivity contribution in [2.75, 3.05) is 5.73 Å². The predicted octanol–water partition coefficient (Wildman–Crippen LogP) is 2.41. The number of rotatable bonds is 1. The van der Waals surface area contributed by atoms with Crippen molar-refractivity contribution < 1.29 is 10.2 Å². The Labute approximate surface area is 85.1 Å². The summed E-state index contributed by atoms with van der Waals surface area (Å²) < 4.78 is 0. The molecule has 2 rings (SSSR count). The zero-order valence-electron chi connectivity index (χ0n) is 7.27. The van der Waals surface area contributed by atoms with Gasteiger partial charge in [-0.05, 0) is 18.2 Å². The van der Waals surface area contributed by atoms with Crippen LogP contribution in [-0.4, -0.2) is 10.2 Å². The summed E-state index contributed by atoms with van der Waals surface area (Å²) in [5.74, 6) is 0.114. The van der Waals surface area contributed by atoms with E-state index >= 15 is 0 Å². The van der Waals surface area contributed by atoms with Gasteiger partial charge in [0.05, 0.1) is 0 Å². The van der Waals surface area contributed by atoms with E-state index in [-0.39, 0.29) is 11.5 Å². The van der Waals surface area contributed by atoms with Gasteiger partial charge < -0.3 is 15.9 Å². The lowest BCUT2D eigenvalue weighted by Crippen LogP contribution is -1.77. The van der Waals surface area contributed by atoms with Gasteiger partial charge in [0.25, 0.3) is 0 Å². The molecule has 0 saturated heterocycles. The highest BCUT2D eigenvalue weighted by molar-refractivity contribution is 7.14. The third-order valence-electron chi connectivity index (χ3n) is 1.87. The number of aromatic hydroxyl groups is 2. The Kier molecular flexibility index (Phi) is 2.05. The van der Waals surface area contributed by atoms with Gasteiger partial charge in [-0.3, -0.25) is 0 Å². The molecule has 0 amide bonds. The lowest BCUT2D eigenvalue weighted by molar-refractivity contribution is 0.452. The monoisotopic (exact) mass is 207 g/mol. The second-order valence-electron chi connectivity index (χ2n) is 2.95. The Balaban J connectivity index is 2.52. The van der Waals surface area contributed by atoms with Gasteiger partial charge >= 0.3 is 0 Å². The van der Waals surface area contributed by atoms with Crippen molar-refractivity contribution in [2.24, 2.45) is 0 Å². The van der Waals surface area contributed by atoms with E-state index in [1.807, 2.05) is 5.38 Å². The standard InChI is InChI=1S/C10H9NO2S/c11-6-3-10(14-5-6)8-2-1-7(12)4-9(8)13/h1-5,12-13H,11H2. The summed E-state index contributed by atoms with van der Waals surface area (Å²) in [4.78, 5) is 0.889. The van der Waals surface area contributed by atoms with Crippen LogP contribution in [0.15, 0.2) is 29.6 Å². The van der Waals surface area contributed by atoms with Crippen molar-refractivity contribution in [3.63, 3.8) is 0 Å². The van der Waals surface area contributed by atoms with Crippen LogP contribution in [0.2, 0.25) is 0 Å². The van der Waals surface area contributed by atoms with E-state index in [9.17, 15) is 5.11 Å². The first kappa shape index (κ1) is 8.90. The Hall–Kier alpha value is -1.68. The summed E-state index contributed by atoms with van der Waals surface area (Å²) in [5, 5.41) is 20.5. The van der Waals surface area contributed by atoms with Crippen LogP contribution in [0.5, 0.6) is 11.5 Å². The van der Waals surface area contributed by atoms with E-state index in [2.05, 4.69) is 0 Å². The van der Waals surface area contributed by atoms with E-state index in [0.29, 0.717) is 11.3 Å². The van der Waals surface area contributed by atoms with Crippen molar-refractivity contribution in [3.05, 3.63) is 29.6 Å². The van der Waals surface area contributed by atoms with Crippen LogP contribution in [-0.2, 0) is 0 Å². The second-order valence-corrected chi connectivity index (χ2v) is 3.86. The molecule has 0 bridgehead atoms. The molecule has 0 spiro atoms. The molecule has 0 unspecified atom stereocenters. The molecule has 4 heteroatoms. The molecular formula is C10H9NO2S. The van der Waals surface area contributed by atoms with Crippen LogP contribution >= 0.6 is 11.3 Å². The highest BCUT2D eigenvalue weighted by Gasteiger charge is 2.06. The summed E-state index contributed by atoms with van der Waals surface area (Å²) in [5.41, 5.74) is 6.94. The molecule has 0 aliphatic carbocycles. The van der Waals surface area contributed by atoms with Crippen LogP contribution in [0, 0.1) is 0 Å². The third kappa shape index (κ3) is 1.52. The van der Waals surface area contributed by atoms with Crippen molar-refractivity contribution in [3.8, 4) is 21.9 Å². The quantitative estimate of drug-likeness (QED) is 0.672. The van der Waals surface area contributed by atoms with E-state index in [1.54, 1.807) is 12.1 Å². The van der Waals surface area contributed by atoms with Crippen LogP contribution in [0.3, 0.4) is 0 Å². The van der Waals surface area contributed by atoms with Crippen molar-refractivity contribution in [1.82, 2.24) is 0 Å². The van der Waals surface area contributed by atoms with Gasteiger partial charge in [-0.2, -0.15) is 0 Å². The fourth-order valence-electron chi connectivity index (χ4n) is 1.22. The van der Waals surface area contributed by atoms with Gasteiger partial charge in [0.15, 0.2) is 0 Å². The maximum Gasteiger partial charge on any atom is 0.127 e. The third-order valence-corrected chi connectivity index (χ3v) is 2.85. The van der Waals surface area contributed by atoms with E-state index in [4.69, 9.17) is 10.8 Å². The first-order valence-electron chi connectivity index (χ1n) is 4.03. The fourth-order valence-corrected chi connectivity index (χ4v) is 2.06. The molecule has 0 atom stereocenters. The number of phenolic OH excluding ortho intramolecular Hbond substituents is 2. The number of hydrogen-bond acceptors (Lipinski definition) is 4. The molecule has 3 nitrogen and oxygen atoms in total. The molecule has 0 aliphatic heterocycles. The molecule has 1 aromatic carbocycles. The number of thiophene rings is 1. The van der Waals surface area contributed by atoms with E-state index < -0.39 is 0 Å². The second kappa shape index (κ2) is 3.23. The number of phenols is 2. The predicted molar refractivity (Wildman–Crippen MR) is 57.5 cm³/mol. The summed E-state index contributed by atoms with van der Waals surface area (Å²) in [6.07, 6.45) is 0. The van der Waals surface area contributed by atoms with Crippen molar-refractivity contribution in [1.29, 1.82) is 0 Å². The van der Waals surface area contributed by atoms with Crippen molar-refractivity contribution >= 4 is 17.0 Å². The van der Waals surface area contributed by atoms with Crippen LogP contribution in [0.4, 0.5) is 5.69 Å². The van der Waals surface area contributed by atoms with Crippen LogP contribution < -0.4 is 5.73 Å². The Morgan fingerprint density at radius 3 is 2.50 bits per heavy atom. The van der Waals surface area contributed by atoms with Gasteiger partial charge in [0, 0.05) is 27.6 Å². The summed E-state index contributed by atoms with van der Waals surface area (Å²) in [6, 6.07) is 6.29. The Bertz CT molecular complexity index is 465. The SMILES string of the molecule is Nc1csc(-c2ccc(O)cc2O)c1. The van der Waals surface area contributed by atoms with E-state index in [1.165, 1.54) is 23.5 Å². The summed E-state index contributed by atoms with van der Waals surface area (Å²) in [6.45, 7) is 0. The number of anilines is 1. The molecule has 14 heavy (non-hydrogen) atoms. The topological polar surface area (TPSA) is 66.5 Å². The van der Waals surface area contributed by atoms with E-state index in [0.717, 1.165) is 4.88 Å². The van der Waals surface area contributed by atoms with Gasteiger partial charge in [-0.1, -0.05) is 0 Å². The molecule has 1 aromatic heterocycles. The molecule has 72 valence electrons. The Morgan fingerprint density at radius 2 is 1.93 bits per heavy atom. The average molecular weight is 207 g/mol. The Morgan fingerprint density at radius 1 is 1.14 bits per heavy atom. The maximum atomic E-state index is 9.56. The minimum Gasteiger partial charge on any atom is -0.508 e. The molecule has 2 aromatic rings. The highest BCUT2D eigenvalue weighted by atomic mass is 32.1. The lowest BCUT2D eigenvalue weighted by atomic mass is 10.1. The molecule has 0 saturated carbocycles. The number of hydrogen-bond donors (Lipinski definition) is 3. The molecule has 0 aliphatic rings. The smallest absolute Gasteiger partial charge is 0.127 e. The highest BCUT2D eigenvalue weighted by Crippen LogP contribution is 2.36. The number of nitrogen functional groups attached to an aromatic ring is 1. The summed E-state index contributed by atoms with van der Waals surface area (Å²) >= 11 is 1.46. The average Bonchev–Trinajstić information content (AvgIpc) is 2.51. The largest absolute Gasteiger partial charge is 0.508 e. The number of benzene rings is 1. The first-order valence-corrected chi connectivity index (χ1v) is 4.91. The van der Waals surface area contributed by atoms with Gasteiger partial charge in [0.2, 0.25) is 0 Å². The van der Waals surface area contributed by atoms with Crippen LogP contribution in [0.25, 0.3) is 10.4 Å². The van der Waals surface area contributed by atoms with Gasteiger partial charge in [0.1, 0.15) is 11.5 Å². The normalized spacial score (nSPS) is 10.3. The van der Waals surface area contributed by atoms with Gasteiger partial charge in [-0.25, -0.2) is 0 Å². The van der Waals surface area contributed by atoms with Crippen LogP contribution in [0.1, 0.15) is 0 Å². The molecule has 4 N–H and O–H groups in total. The molecule has 0 fully saturated rings. The molecule has 1 heterocycles. The zero-order valence-corrected chi connectivity index (χ0v) is 8.08. The van der Waals surface area contributed by atoms with Gasteiger partial charge in [-0.15, -0.1) is 11.3 Å². The molecule has 0 radical (unpaired) electrons. The zero-order chi connectivity index (χ0) is 10.1. The fraction of sp³-hybridized carbons (Fsp3) is 0. The molecular weight excluding hydrogens is 198 g/mol. The number of nitrogens with two attached hydrogens (primary N) is 1. The first-order chi connectivity index (χ1) is 6.66. The summed E-state index contributed by atoms with van der Waals surface area (Å²) in [7, 11) is 0.